The summed E-state index contributed by atoms with van der Waals surface area (Å²) in [6.45, 7) is 1.10. The fourth-order valence-electron chi connectivity index (χ4n) is 4.30. The number of aldehydes is 1. The number of amides is 1. The van der Waals surface area contributed by atoms with Gasteiger partial charge >= 0.3 is 0 Å². The van der Waals surface area contributed by atoms with Gasteiger partial charge in [0.25, 0.3) is 5.91 Å². The predicted octanol–water partition coefficient (Wildman–Crippen LogP) is 2.00. The average Bonchev–Trinajstić information content (AvgIpc) is 3.58. The van der Waals surface area contributed by atoms with Crippen molar-refractivity contribution in [3.05, 3.63) is 65.0 Å². The first kappa shape index (κ1) is 18.4. The van der Waals surface area contributed by atoms with Crippen LogP contribution in [0.5, 0.6) is 5.75 Å². The second-order valence-corrected chi connectivity index (χ2v) is 7.64. The second kappa shape index (κ2) is 7.12. The second-order valence-electron chi connectivity index (χ2n) is 7.64. The van der Waals surface area contributed by atoms with Crippen LogP contribution in [0.15, 0.2) is 42.5 Å². The minimum Gasteiger partial charge on any atom is -0.493 e. The van der Waals surface area contributed by atoms with E-state index in [1.54, 1.807) is 9.58 Å². The number of H-pyrrole nitrogens is 1. The zero-order valence-corrected chi connectivity index (χ0v) is 16.9. The van der Waals surface area contributed by atoms with Crippen LogP contribution >= 0.6 is 0 Å². The monoisotopic (exact) mass is 427 g/mol. The van der Waals surface area contributed by atoms with Crippen molar-refractivity contribution in [2.45, 2.75) is 12.8 Å². The molecule has 2 aliphatic rings. The van der Waals surface area contributed by atoms with Gasteiger partial charge in [0.05, 0.1) is 12.3 Å². The highest BCUT2D eigenvalue weighted by atomic mass is 16.5. The highest BCUT2D eigenvalue weighted by molar-refractivity contribution is 6.08. The lowest BCUT2D eigenvalue weighted by molar-refractivity contribution is 0.0973. The van der Waals surface area contributed by atoms with E-state index in [9.17, 15) is 9.59 Å². The molecule has 0 bridgehead atoms. The molecule has 0 radical (unpaired) electrons. The maximum atomic E-state index is 13.6. The Bertz CT molecular complexity index is 1340. The number of anilines is 1. The van der Waals surface area contributed by atoms with Crippen LogP contribution < -0.4 is 9.64 Å². The molecule has 6 rings (SSSR count). The van der Waals surface area contributed by atoms with E-state index in [-0.39, 0.29) is 5.91 Å². The Morgan fingerprint density at radius 1 is 1.06 bits per heavy atom. The third-order valence-corrected chi connectivity index (χ3v) is 5.87. The fraction of sp³-hybridized carbons (Fsp3) is 0.182. The first-order valence-corrected chi connectivity index (χ1v) is 10.2. The summed E-state index contributed by atoms with van der Waals surface area (Å²) < 4.78 is 7.17. The van der Waals surface area contributed by atoms with Gasteiger partial charge in [-0.2, -0.15) is 5.10 Å². The van der Waals surface area contributed by atoms with Gasteiger partial charge in [0.1, 0.15) is 17.1 Å². The summed E-state index contributed by atoms with van der Waals surface area (Å²) in [7, 11) is 0. The highest BCUT2D eigenvalue weighted by Gasteiger charge is 2.33. The smallest absolute Gasteiger partial charge is 0.277 e. The Hall–Kier alpha value is -4.34. The molecule has 2 aromatic carbocycles. The van der Waals surface area contributed by atoms with Crippen LogP contribution in [0, 0.1) is 0 Å². The van der Waals surface area contributed by atoms with Crippen molar-refractivity contribution in [1.82, 2.24) is 30.4 Å². The summed E-state index contributed by atoms with van der Waals surface area (Å²) >= 11 is 0. The third kappa shape index (κ3) is 2.80. The number of fused-ring (bicyclic) bond motifs is 2. The van der Waals surface area contributed by atoms with Crippen LogP contribution in [0.1, 0.15) is 32.1 Å². The number of nitrogens with zero attached hydrogens (tertiary/aromatic N) is 6. The lowest BCUT2D eigenvalue weighted by Crippen LogP contribution is -2.38. The zero-order chi connectivity index (χ0) is 21.7. The standard InChI is InChI=1S/C22H17N7O3/c30-12-18-17-7-9-28(15-3-1-13(2-4-15)21-23-26-27-24-21)22(31)20(17)29(25-18)16-5-6-19-14(11-16)8-10-32-19/h1-6,11-12H,7-10H2,(H,23,24,26,27). The Balaban J connectivity index is 1.39. The maximum absolute atomic E-state index is 13.6. The number of benzene rings is 2. The molecule has 4 heterocycles. The van der Waals surface area contributed by atoms with Gasteiger partial charge in [0, 0.05) is 29.8 Å². The normalized spacial score (nSPS) is 14.8. The number of carbonyl (C=O) groups is 2. The molecule has 0 fully saturated rings. The summed E-state index contributed by atoms with van der Waals surface area (Å²) in [4.78, 5) is 27.0. The Morgan fingerprint density at radius 3 is 2.69 bits per heavy atom. The van der Waals surface area contributed by atoms with Gasteiger partial charge in [-0.15, -0.1) is 5.10 Å². The van der Waals surface area contributed by atoms with E-state index in [2.05, 4.69) is 25.7 Å². The van der Waals surface area contributed by atoms with Crippen molar-refractivity contribution in [3.63, 3.8) is 0 Å². The number of hydrogen-bond acceptors (Lipinski definition) is 7. The molecule has 0 spiro atoms. The molecule has 10 heteroatoms. The number of rotatable bonds is 4. The first-order valence-electron chi connectivity index (χ1n) is 10.2. The summed E-state index contributed by atoms with van der Waals surface area (Å²) in [6.07, 6.45) is 2.06. The number of tetrazole rings is 1. The summed E-state index contributed by atoms with van der Waals surface area (Å²) in [5, 5.41) is 18.3. The molecule has 10 nitrogen and oxygen atoms in total. The molecular formula is C22H17N7O3. The van der Waals surface area contributed by atoms with Gasteiger partial charge < -0.3 is 9.64 Å². The average molecular weight is 427 g/mol. The SMILES string of the molecule is O=Cc1nn(-c2ccc3c(c2)CCO3)c2c1CCN(c1ccc(-c3nnn[nH]3)cc1)C2=O. The number of aromatic nitrogens is 6. The molecule has 1 N–H and O–H groups in total. The summed E-state index contributed by atoms with van der Waals surface area (Å²) in [5.41, 5.74) is 4.78. The van der Waals surface area contributed by atoms with Gasteiger partial charge in [-0.3, -0.25) is 9.59 Å². The molecule has 2 aromatic heterocycles. The Kier molecular flexibility index (Phi) is 4.10. The predicted molar refractivity (Wildman–Crippen MR) is 113 cm³/mol. The summed E-state index contributed by atoms with van der Waals surface area (Å²) in [6, 6.07) is 13.1. The van der Waals surface area contributed by atoms with Crippen LogP contribution in [-0.2, 0) is 12.8 Å². The minimum atomic E-state index is -0.197. The van der Waals surface area contributed by atoms with Crippen LogP contribution in [0.25, 0.3) is 17.1 Å². The Morgan fingerprint density at radius 2 is 1.91 bits per heavy atom. The van der Waals surface area contributed by atoms with Crippen LogP contribution in [0.2, 0.25) is 0 Å². The van der Waals surface area contributed by atoms with Gasteiger partial charge in [-0.25, -0.2) is 9.78 Å². The van der Waals surface area contributed by atoms with E-state index < -0.39 is 0 Å². The molecular weight excluding hydrogens is 410 g/mol. The van der Waals surface area contributed by atoms with E-state index in [4.69, 9.17) is 4.74 Å². The molecule has 0 saturated heterocycles. The number of aromatic amines is 1. The molecule has 4 aromatic rings. The molecule has 0 aliphatic carbocycles. The van der Waals surface area contributed by atoms with Crippen LogP contribution in [0.4, 0.5) is 5.69 Å². The van der Waals surface area contributed by atoms with E-state index >= 15 is 0 Å². The molecule has 0 unspecified atom stereocenters. The largest absolute Gasteiger partial charge is 0.493 e. The van der Waals surface area contributed by atoms with Gasteiger partial charge in [0.2, 0.25) is 0 Å². The van der Waals surface area contributed by atoms with Crippen molar-refractivity contribution in [1.29, 1.82) is 0 Å². The first-order chi connectivity index (χ1) is 15.7. The number of hydrogen-bond donors (Lipinski definition) is 1. The van der Waals surface area contributed by atoms with Crippen LogP contribution in [0.3, 0.4) is 0 Å². The van der Waals surface area contributed by atoms with E-state index in [1.165, 1.54) is 0 Å². The quantitative estimate of drug-likeness (QED) is 0.495. The van der Waals surface area contributed by atoms with Gasteiger partial charge in [-0.05, 0) is 64.9 Å². The van der Waals surface area contributed by atoms with Crippen molar-refractivity contribution in [3.8, 4) is 22.8 Å². The van der Waals surface area contributed by atoms with E-state index in [0.29, 0.717) is 42.3 Å². The van der Waals surface area contributed by atoms with Gasteiger partial charge in [0.15, 0.2) is 12.1 Å². The summed E-state index contributed by atoms with van der Waals surface area (Å²) in [5.74, 6) is 1.20. The molecule has 0 saturated carbocycles. The molecule has 1 amide bonds. The molecule has 32 heavy (non-hydrogen) atoms. The maximum Gasteiger partial charge on any atom is 0.277 e. The van der Waals surface area contributed by atoms with Gasteiger partial charge in [-0.1, -0.05) is 0 Å². The Labute approximate surface area is 181 Å². The number of carbonyl (C=O) groups excluding carboxylic acids is 2. The lowest BCUT2D eigenvalue weighted by Gasteiger charge is -2.27. The third-order valence-electron chi connectivity index (χ3n) is 5.87. The van der Waals surface area contributed by atoms with Crippen molar-refractivity contribution >= 4 is 17.9 Å². The van der Waals surface area contributed by atoms with Crippen molar-refractivity contribution in [2.24, 2.45) is 0 Å². The molecule has 2 aliphatic heterocycles. The van der Waals surface area contributed by atoms with Crippen molar-refractivity contribution < 1.29 is 14.3 Å². The molecule has 0 atom stereocenters. The lowest BCUT2D eigenvalue weighted by atomic mass is 10.0. The highest BCUT2D eigenvalue weighted by Crippen LogP contribution is 2.32. The van der Waals surface area contributed by atoms with Crippen LogP contribution in [-0.4, -0.2) is 55.7 Å². The minimum absolute atomic E-state index is 0.197. The topological polar surface area (TPSA) is 119 Å². The van der Waals surface area contributed by atoms with E-state index in [0.717, 1.165) is 41.0 Å². The zero-order valence-electron chi connectivity index (χ0n) is 16.9. The molecule has 158 valence electrons. The number of nitrogens with one attached hydrogen (secondary N) is 1. The van der Waals surface area contributed by atoms with E-state index in [1.807, 2.05) is 42.5 Å². The number of ether oxygens (including phenoxy) is 1. The fourth-order valence-corrected chi connectivity index (χ4v) is 4.30. The van der Waals surface area contributed by atoms with Crippen molar-refractivity contribution in [2.75, 3.05) is 18.1 Å².